The van der Waals surface area contributed by atoms with E-state index in [1.807, 2.05) is 6.92 Å². The minimum atomic E-state index is -3.54. The third kappa shape index (κ3) is 4.56. The molecule has 130 valence electrons. The Hall–Kier alpha value is -1.90. The van der Waals surface area contributed by atoms with Gasteiger partial charge in [0, 0.05) is 30.6 Å². The minimum absolute atomic E-state index is 0.130. The van der Waals surface area contributed by atoms with Crippen molar-refractivity contribution in [2.24, 2.45) is 0 Å². The fourth-order valence-corrected chi connectivity index (χ4v) is 4.50. The molecule has 1 aromatic heterocycles. The Kier molecular flexibility index (Phi) is 5.98. The van der Waals surface area contributed by atoms with Crippen molar-refractivity contribution in [2.45, 2.75) is 18.1 Å². The van der Waals surface area contributed by atoms with Crippen molar-refractivity contribution in [1.82, 2.24) is 4.72 Å². The lowest BCUT2D eigenvalue weighted by atomic mass is 10.2. The van der Waals surface area contributed by atoms with E-state index in [-0.39, 0.29) is 23.2 Å². The molecule has 0 unspecified atom stereocenters. The molecule has 0 fully saturated rings. The number of nitrogens with one attached hydrogen (secondary N) is 1. The minimum Gasteiger partial charge on any atom is -0.497 e. The number of hydrogen-bond acceptors (Lipinski definition) is 5. The molecule has 1 N–H and O–H groups in total. The maximum Gasteiger partial charge on any atom is 0.250 e. The van der Waals surface area contributed by atoms with E-state index in [9.17, 15) is 13.2 Å². The maximum atomic E-state index is 12.2. The summed E-state index contributed by atoms with van der Waals surface area (Å²) in [5.41, 5.74) is 0.689. The van der Waals surface area contributed by atoms with Gasteiger partial charge in [-0.2, -0.15) is 0 Å². The predicted octanol–water partition coefficient (Wildman–Crippen LogP) is 2.40. The van der Waals surface area contributed by atoms with Crippen LogP contribution < -0.4 is 14.4 Å². The second kappa shape index (κ2) is 7.78. The van der Waals surface area contributed by atoms with Gasteiger partial charge < -0.3 is 9.64 Å². The van der Waals surface area contributed by atoms with E-state index in [1.54, 1.807) is 43.5 Å². The second-order valence-electron chi connectivity index (χ2n) is 5.13. The monoisotopic (exact) mass is 368 g/mol. The number of sulfonamides is 1. The van der Waals surface area contributed by atoms with Crippen molar-refractivity contribution in [1.29, 1.82) is 0 Å². The van der Waals surface area contributed by atoms with Gasteiger partial charge in [-0.15, -0.1) is 11.3 Å². The molecule has 1 aromatic carbocycles. The van der Waals surface area contributed by atoms with Crippen LogP contribution in [-0.4, -0.2) is 34.5 Å². The number of nitrogens with zero attached hydrogens (tertiary/aromatic N) is 1. The molecule has 6 nitrogen and oxygen atoms in total. The van der Waals surface area contributed by atoms with E-state index < -0.39 is 10.0 Å². The van der Waals surface area contributed by atoms with Crippen LogP contribution >= 0.6 is 11.3 Å². The number of aryl methyl sites for hydroxylation is 1. The van der Waals surface area contributed by atoms with E-state index in [1.165, 1.54) is 23.2 Å². The summed E-state index contributed by atoms with van der Waals surface area (Å²) in [7, 11) is -1.97. The third-order valence-corrected chi connectivity index (χ3v) is 6.33. The first-order valence-corrected chi connectivity index (χ1v) is 9.62. The van der Waals surface area contributed by atoms with Crippen LogP contribution in [0.5, 0.6) is 5.75 Å². The molecule has 0 spiro atoms. The lowest BCUT2D eigenvalue weighted by Gasteiger charge is -2.21. The number of hydrogen-bond donors (Lipinski definition) is 1. The normalized spacial score (nSPS) is 11.3. The lowest BCUT2D eigenvalue weighted by Crippen LogP contribution is -2.37. The molecular weight excluding hydrogens is 348 g/mol. The van der Waals surface area contributed by atoms with Crippen LogP contribution in [0.25, 0.3) is 0 Å². The van der Waals surface area contributed by atoms with Crippen LogP contribution in [0.2, 0.25) is 0 Å². The zero-order chi connectivity index (χ0) is 17.7. The van der Waals surface area contributed by atoms with Crippen LogP contribution in [0.4, 0.5) is 5.69 Å². The Morgan fingerprint density at radius 2 is 1.88 bits per heavy atom. The molecule has 2 aromatic rings. The van der Waals surface area contributed by atoms with Gasteiger partial charge in [0.2, 0.25) is 15.9 Å². The smallest absolute Gasteiger partial charge is 0.250 e. The van der Waals surface area contributed by atoms with Crippen LogP contribution in [-0.2, 0) is 14.8 Å². The lowest BCUT2D eigenvalue weighted by molar-refractivity contribution is -0.116. The van der Waals surface area contributed by atoms with Crippen molar-refractivity contribution >= 4 is 33.0 Å². The Balaban J connectivity index is 2.02. The summed E-state index contributed by atoms with van der Waals surface area (Å²) in [4.78, 5) is 14.3. The Bertz CT molecular complexity index is 798. The van der Waals surface area contributed by atoms with E-state index in [4.69, 9.17) is 4.74 Å². The molecule has 0 saturated heterocycles. The fraction of sp³-hybridized carbons (Fsp3) is 0.312. The van der Waals surface area contributed by atoms with Crippen molar-refractivity contribution in [3.8, 4) is 5.75 Å². The van der Waals surface area contributed by atoms with Gasteiger partial charge in [-0.1, -0.05) is 0 Å². The highest BCUT2D eigenvalue weighted by Crippen LogP contribution is 2.21. The van der Waals surface area contributed by atoms with Crippen molar-refractivity contribution in [3.05, 3.63) is 41.3 Å². The highest BCUT2D eigenvalue weighted by molar-refractivity contribution is 7.91. The molecule has 24 heavy (non-hydrogen) atoms. The van der Waals surface area contributed by atoms with Gasteiger partial charge >= 0.3 is 0 Å². The standard InChI is InChI=1S/C16H20N2O4S2/c1-12-4-9-16(23-12)24(20,21)17-10-11-18(13(2)19)14-5-7-15(22-3)8-6-14/h4-9,17H,10-11H2,1-3H3. The molecule has 1 amide bonds. The summed E-state index contributed by atoms with van der Waals surface area (Å²) in [6.45, 7) is 3.67. The number of amides is 1. The molecule has 0 aliphatic carbocycles. The van der Waals surface area contributed by atoms with Crippen molar-refractivity contribution in [2.75, 3.05) is 25.1 Å². The molecular formula is C16H20N2O4S2. The van der Waals surface area contributed by atoms with E-state index in [0.717, 1.165) is 4.88 Å². The average molecular weight is 368 g/mol. The summed E-state index contributed by atoms with van der Waals surface area (Å²) in [6, 6.07) is 10.4. The van der Waals surface area contributed by atoms with Gasteiger partial charge in [-0.05, 0) is 43.3 Å². The number of anilines is 1. The number of thiophene rings is 1. The molecule has 2 rings (SSSR count). The number of carbonyl (C=O) groups is 1. The third-order valence-electron chi connectivity index (χ3n) is 3.37. The molecule has 0 aliphatic rings. The number of ether oxygens (including phenoxy) is 1. The fourth-order valence-electron chi connectivity index (χ4n) is 2.15. The molecule has 0 saturated carbocycles. The molecule has 0 atom stereocenters. The van der Waals surface area contributed by atoms with Crippen molar-refractivity contribution in [3.63, 3.8) is 0 Å². The highest BCUT2D eigenvalue weighted by atomic mass is 32.2. The summed E-state index contributed by atoms with van der Waals surface area (Å²) >= 11 is 1.22. The van der Waals surface area contributed by atoms with Gasteiger partial charge in [-0.3, -0.25) is 4.79 Å². The SMILES string of the molecule is COc1ccc(N(CCNS(=O)(=O)c2ccc(C)s2)C(C)=O)cc1. The summed E-state index contributed by atoms with van der Waals surface area (Å²) in [5, 5.41) is 0. The van der Waals surface area contributed by atoms with E-state index >= 15 is 0 Å². The van der Waals surface area contributed by atoms with E-state index in [2.05, 4.69) is 4.72 Å². The Labute approximate surface area is 146 Å². The van der Waals surface area contributed by atoms with Gasteiger partial charge in [0.1, 0.15) is 9.96 Å². The van der Waals surface area contributed by atoms with Crippen LogP contribution in [0.3, 0.4) is 0 Å². The summed E-state index contributed by atoms with van der Waals surface area (Å²) in [6.07, 6.45) is 0. The first-order chi connectivity index (χ1) is 11.3. The Morgan fingerprint density at radius 1 is 1.21 bits per heavy atom. The van der Waals surface area contributed by atoms with Crippen molar-refractivity contribution < 1.29 is 17.9 Å². The van der Waals surface area contributed by atoms with Crippen LogP contribution in [0, 0.1) is 6.92 Å². The summed E-state index contributed by atoms with van der Waals surface area (Å²) < 4.78 is 32.3. The topological polar surface area (TPSA) is 75.7 Å². The number of methoxy groups -OCH3 is 1. The first-order valence-electron chi connectivity index (χ1n) is 7.32. The highest BCUT2D eigenvalue weighted by Gasteiger charge is 2.17. The molecule has 1 heterocycles. The molecule has 0 radical (unpaired) electrons. The summed E-state index contributed by atoms with van der Waals surface area (Å²) in [5.74, 6) is 0.530. The number of benzene rings is 1. The van der Waals surface area contributed by atoms with E-state index in [0.29, 0.717) is 11.4 Å². The first kappa shape index (κ1) is 18.4. The zero-order valence-corrected chi connectivity index (χ0v) is 15.4. The molecule has 8 heteroatoms. The Morgan fingerprint density at radius 3 is 2.38 bits per heavy atom. The number of carbonyl (C=O) groups excluding carboxylic acids is 1. The average Bonchev–Trinajstić information content (AvgIpc) is 2.99. The van der Waals surface area contributed by atoms with Gasteiger partial charge in [0.15, 0.2) is 0 Å². The molecule has 0 aliphatic heterocycles. The largest absolute Gasteiger partial charge is 0.497 e. The second-order valence-corrected chi connectivity index (χ2v) is 8.41. The molecule has 0 bridgehead atoms. The van der Waals surface area contributed by atoms with Crippen LogP contribution in [0.1, 0.15) is 11.8 Å². The van der Waals surface area contributed by atoms with Gasteiger partial charge in [0.05, 0.1) is 7.11 Å². The quantitative estimate of drug-likeness (QED) is 0.814. The number of rotatable bonds is 7. The van der Waals surface area contributed by atoms with Gasteiger partial charge in [-0.25, -0.2) is 13.1 Å². The maximum absolute atomic E-state index is 12.2. The van der Waals surface area contributed by atoms with Crippen LogP contribution in [0.15, 0.2) is 40.6 Å². The zero-order valence-electron chi connectivity index (χ0n) is 13.8. The van der Waals surface area contributed by atoms with Gasteiger partial charge in [0.25, 0.3) is 0 Å². The predicted molar refractivity (Wildman–Crippen MR) is 95.3 cm³/mol.